The lowest BCUT2D eigenvalue weighted by Crippen LogP contribution is -2.55. The highest BCUT2D eigenvalue weighted by Crippen LogP contribution is 2.26. The van der Waals surface area contributed by atoms with Crippen LogP contribution in [-0.2, 0) is 32.6 Å². The number of benzene rings is 4. The van der Waals surface area contributed by atoms with Crippen molar-refractivity contribution in [1.82, 2.24) is 10.2 Å². The molecule has 0 radical (unpaired) electrons. The normalized spacial score (nSPS) is 14.2. The van der Waals surface area contributed by atoms with Crippen molar-refractivity contribution in [2.75, 3.05) is 18.0 Å². The van der Waals surface area contributed by atoms with Gasteiger partial charge in [-0.3, -0.25) is 13.9 Å². The second kappa shape index (κ2) is 15.6. The van der Waals surface area contributed by atoms with Gasteiger partial charge >= 0.3 is 0 Å². The van der Waals surface area contributed by atoms with Crippen molar-refractivity contribution in [2.24, 2.45) is 0 Å². The molecule has 4 aromatic carbocycles. The van der Waals surface area contributed by atoms with Crippen molar-refractivity contribution in [3.05, 3.63) is 126 Å². The molecule has 8 nitrogen and oxygen atoms in total. The van der Waals surface area contributed by atoms with Crippen LogP contribution in [0.5, 0.6) is 5.75 Å². The minimum Gasteiger partial charge on any atom is -0.497 e. The second-order valence-corrected chi connectivity index (χ2v) is 13.4. The summed E-state index contributed by atoms with van der Waals surface area (Å²) in [7, 11) is -2.56. The maximum Gasteiger partial charge on any atom is 0.264 e. The fraction of sp³-hybridized carbons (Fsp3) is 0.297. The van der Waals surface area contributed by atoms with Crippen LogP contribution < -0.4 is 14.4 Å². The van der Waals surface area contributed by atoms with E-state index in [0.717, 1.165) is 47.5 Å². The number of para-hydroxylation sites is 1. The average molecular weight is 640 g/mol. The molecule has 0 saturated heterocycles. The first-order valence-corrected chi connectivity index (χ1v) is 17.2. The zero-order chi connectivity index (χ0) is 32.4. The molecule has 0 aromatic heterocycles. The lowest BCUT2D eigenvalue weighted by Gasteiger charge is -2.35. The summed E-state index contributed by atoms with van der Waals surface area (Å²) in [6.07, 6.45) is 5.29. The predicted molar refractivity (Wildman–Crippen MR) is 180 cm³/mol. The molecule has 1 aliphatic rings. The molecular formula is C37H41N3O5S. The van der Waals surface area contributed by atoms with Gasteiger partial charge in [0.15, 0.2) is 0 Å². The van der Waals surface area contributed by atoms with E-state index >= 15 is 0 Å². The molecule has 1 atom stereocenters. The fourth-order valence-corrected chi connectivity index (χ4v) is 7.34. The van der Waals surface area contributed by atoms with Gasteiger partial charge in [0.25, 0.3) is 10.0 Å². The first-order chi connectivity index (χ1) is 22.3. The maximum atomic E-state index is 14.6. The van der Waals surface area contributed by atoms with Crippen LogP contribution in [0, 0.1) is 0 Å². The summed E-state index contributed by atoms with van der Waals surface area (Å²) in [6.45, 7) is -0.410. The standard InChI is InChI=1S/C37H41N3O5S/c1-45-33-22-14-17-30(25-33)27-39(35(26-29-15-6-2-7-16-29)37(42)38-31-18-8-3-9-19-31)36(41)28-40(32-20-10-4-11-21-32)46(43,44)34-23-12-5-13-24-34/h2,4-7,10-17,20-25,31,35H,3,8-9,18-19,26-28H2,1H3,(H,38,42)/t35-/m1/s1. The van der Waals surface area contributed by atoms with Gasteiger partial charge in [0.2, 0.25) is 11.8 Å². The number of hydrogen-bond acceptors (Lipinski definition) is 5. The zero-order valence-corrected chi connectivity index (χ0v) is 26.9. The van der Waals surface area contributed by atoms with Crippen molar-refractivity contribution in [3.8, 4) is 5.75 Å². The van der Waals surface area contributed by atoms with E-state index in [4.69, 9.17) is 4.74 Å². The highest BCUT2D eigenvalue weighted by molar-refractivity contribution is 7.92. The summed E-state index contributed by atoms with van der Waals surface area (Å²) in [6, 6.07) is 32.7. The summed E-state index contributed by atoms with van der Waals surface area (Å²) < 4.78 is 34.7. The van der Waals surface area contributed by atoms with Crippen LogP contribution in [-0.4, -0.2) is 50.9 Å². The van der Waals surface area contributed by atoms with Gasteiger partial charge in [0, 0.05) is 19.0 Å². The third kappa shape index (κ3) is 8.34. The van der Waals surface area contributed by atoms with E-state index in [9.17, 15) is 18.0 Å². The van der Waals surface area contributed by atoms with Gasteiger partial charge in [-0.1, -0.05) is 98.1 Å². The van der Waals surface area contributed by atoms with E-state index < -0.39 is 28.5 Å². The minimum atomic E-state index is -4.13. The number of sulfonamides is 1. The third-order valence-corrected chi connectivity index (χ3v) is 10.2. The number of nitrogens with zero attached hydrogens (tertiary/aromatic N) is 2. The van der Waals surface area contributed by atoms with E-state index in [2.05, 4.69) is 5.32 Å². The van der Waals surface area contributed by atoms with E-state index in [0.29, 0.717) is 11.4 Å². The maximum absolute atomic E-state index is 14.6. The summed E-state index contributed by atoms with van der Waals surface area (Å²) in [5.41, 5.74) is 2.01. The molecule has 1 fully saturated rings. The van der Waals surface area contributed by atoms with Crippen LogP contribution in [0.1, 0.15) is 43.2 Å². The Kier molecular flexibility index (Phi) is 11.1. The van der Waals surface area contributed by atoms with Crippen molar-refractivity contribution in [2.45, 2.75) is 62.0 Å². The molecule has 0 unspecified atom stereocenters. The lowest BCUT2D eigenvalue weighted by molar-refractivity contribution is -0.140. The monoisotopic (exact) mass is 639 g/mol. The first kappa shape index (κ1) is 32.8. The van der Waals surface area contributed by atoms with Crippen LogP contribution >= 0.6 is 0 Å². The van der Waals surface area contributed by atoms with Crippen molar-refractivity contribution in [1.29, 1.82) is 0 Å². The number of carbonyl (C=O) groups is 2. The second-order valence-electron chi connectivity index (χ2n) is 11.6. The third-order valence-electron chi connectivity index (χ3n) is 8.36. The Morgan fingerprint density at radius 3 is 2.07 bits per heavy atom. The Balaban J connectivity index is 1.55. The van der Waals surface area contributed by atoms with Gasteiger partial charge in [-0.2, -0.15) is 0 Å². The Morgan fingerprint density at radius 2 is 1.41 bits per heavy atom. The first-order valence-electron chi connectivity index (χ1n) is 15.7. The minimum absolute atomic E-state index is 0.0348. The van der Waals surface area contributed by atoms with Gasteiger partial charge in [-0.05, 0) is 60.4 Å². The summed E-state index contributed by atoms with van der Waals surface area (Å²) in [5.74, 6) is -0.121. The van der Waals surface area contributed by atoms with Crippen molar-refractivity contribution >= 4 is 27.5 Å². The van der Waals surface area contributed by atoms with E-state index in [-0.39, 0.29) is 29.8 Å². The number of hydrogen-bond donors (Lipinski definition) is 1. The Hall–Kier alpha value is -4.63. The quantitative estimate of drug-likeness (QED) is 0.194. The van der Waals surface area contributed by atoms with Crippen molar-refractivity contribution < 1.29 is 22.7 Å². The van der Waals surface area contributed by atoms with Crippen LogP contribution in [0.2, 0.25) is 0 Å². The van der Waals surface area contributed by atoms with E-state index in [1.807, 2.05) is 54.6 Å². The SMILES string of the molecule is COc1cccc(CN(C(=O)CN(c2ccccc2)S(=O)(=O)c2ccccc2)[C@H](Cc2ccccc2)C(=O)NC2CCCCC2)c1. The molecule has 0 aliphatic heterocycles. The lowest BCUT2D eigenvalue weighted by atomic mass is 9.94. The van der Waals surface area contributed by atoms with Crippen LogP contribution in [0.4, 0.5) is 5.69 Å². The largest absolute Gasteiger partial charge is 0.497 e. The highest BCUT2D eigenvalue weighted by atomic mass is 32.2. The summed E-state index contributed by atoms with van der Waals surface area (Å²) in [4.78, 5) is 30.4. The molecule has 46 heavy (non-hydrogen) atoms. The molecule has 9 heteroatoms. The van der Waals surface area contributed by atoms with Gasteiger partial charge in [-0.25, -0.2) is 8.42 Å². The molecule has 1 saturated carbocycles. The number of anilines is 1. The van der Waals surface area contributed by atoms with Gasteiger partial charge in [0.1, 0.15) is 18.3 Å². The molecule has 0 heterocycles. The fourth-order valence-electron chi connectivity index (χ4n) is 5.91. The molecular weight excluding hydrogens is 598 g/mol. The summed E-state index contributed by atoms with van der Waals surface area (Å²) in [5, 5.41) is 3.23. The predicted octanol–water partition coefficient (Wildman–Crippen LogP) is 5.98. The number of amides is 2. The average Bonchev–Trinajstić information content (AvgIpc) is 3.10. The van der Waals surface area contributed by atoms with Crippen LogP contribution in [0.25, 0.3) is 0 Å². The molecule has 0 bridgehead atoms. The molecule has 0 spiro atoms. The molecule has 1 N–H and O–H groups in total. The molecule has 1 aliphatic carbocycles. The Morgan fingerprint density at radius 1 is 0.804 bits per heavy atom. The zero-order valence-electron chi connectivity index (χ0n) is 26.1. The Bertz CT molecular complexity index is 1680. The smallest absolute Gasteiger partial charge is 0.264 e. The molecule has 4 aromatic rings. The number of rotatable bonds is 13. The Labute approximate surface area is 272 Å². The number of carbonyl (C=O) groups excluding carboxylic acids is 2. The summed E-state index contributed by atoms with van der Waals surface area (Å²) >= 11 is 0. The molecule has 240 valence electrons. The van der Waals surface area contributed by atoms with Crippen molar-refractivity contribution in [3.63, 3.8) is 0 Å². The van der Waals surface area contributed by atoms with E-state index in [1.54, 1.807) is 55.6 Å². The van der Waals surface area contributed by atoms with Crippen LogP contribution in [0.15, 0.2) is 120 Å². The molecule has 5 rings (SSSR count). The topological polar surface area (TPSA) is 96.0 Å². The number of ether oxygens (including phenoxy) is 1. The highest BCUT2D eigenvalue weighted by Gasteiger charge is 2.35. The number of nitrogens with one attached hydrogen (secondary N) is 1. The van der Waals surface area contributed by atoms with Gasteiger partial charge in [-0.15, -0.1) is 0 Å². The van der Waals surface area contributed by atoms with E-state index in [1.165, 1.54) is 17.0 Å². The van der Waals surface area contributed by atoms with Gasteiger partial charge in [0.05, 0.1) is 17.7 Å². The number of methoxy groups -OCH3 is 1. The van der Waals surface area contributed by atoms with Gasteiger partial charge < -0.3 is 15.0 Å². The molecule has 2 amide bonds. The van der Waals surface area contributed by atoms with Crippen LogP contribution in [0.3, 0.4) is 0 Å².